The van der Waals surface area contributed by atoms with Gasteiger partial charge in [0.2, 0.25) is 11.8 Å². The minimum atomic E-state index is -0.301. The van der Waals surface area contributed by atoms with Crippen LogP contribution in [0.15, 0.2) is 30.3 Å². The van der Waals surface area contributed by atoms with Crippen molar-refractivity contribution in [3.8, 4) is 0 Å². The number of carbonyl (C=O) groups excluding carboxylic acids is 2. The summed E-state index contributed by atoms with van der Waals surface area (Å²) in [5.74, 6) is 0.489. The molecule has 148 valence electrons. The molecule has 0 aromatic heterocycles. The van der Waals surface area contributed by atoms with Crippen molar-refractivity contribution >= 4 is 11.8 Å². The van der Waals surface area contributed by atoms with Crippen molar-refractivity contribution in [2.75, 3.05) is 32.7 Å². The molecule has 2 aliphatic rings. The molecule has 1 atom stereocenters. The van der Waals surface area contributed by atoms with Gasteiger partial charge in [-0.2, -0.15) is 0 Å². The summed E-state index contributed by atoms with van der Waals surface area (Å²) in [6.45, 7) is 10.9. The molecule has 1 unspecified atom stereocenters. The third-order valence-electron chi connectivity index (χ3n) is 6.21. The molecule has 0 bridgehead atoms. The van der Waals surface area contributed by atoms with Crippen molar-refractivity contribution in [3.05, 3.63) is 35.9 Å². The summed E-state index contributed by atoms with van der Waals surface area (Å²) in [5.41, 5.74) is 0.881. The quantitative estimate of drug-likeness (QED) is 0.799. The monoisotopic (exact) mass is 371 g/mol. The lowest BCUT2D eigenvalue weighted by molar-refractivity contribution is -0.140. The van der Waals surface area contributed by atoms with Crippen molar-refractivity contribution in [1.29, 1.82) is 0 Å². The predicted molar refractivity (Wildman–Crippen MR) is 107 cm³/mol. The van der Waals surface area contributed by atoms with Crippen molar-refractivity contribution in [3.63, 3.8) is 0 Å². The highest BCUT2D eigenvalue weighted by Gasteiger charge is 2.37. The Hall–Kier alpha value is -1.88. The zero-order chi connectivity index (χ0) is 19.4. The molecular formula is C22H33N3O2. The summed E-state index contributed by atoms with van der Waals surface area (Å²) in [6, 6.07) is 10.2. The van der Waals surface area contributed by atoms with E-state index in [1.54, 1.807) is 0 Å². The Balaban J connectivity index is 1.58. The fraction of sp³-hybridized carbons (Fsp3) is 0.636. The molecular weight excluding hydrogens is 338 g/mol. The third kappa shape index (κ3) is 4.52. The Kier molecular flexibility index (Phi) is 6.20. The van der Waals surface area contributed by atoms with Crippen molar-refractivity contribution < 1.29 is 9.59 Å². The lowest BCUT2D eigenvalue weighted by Gasteiger charge is -2.31. The minimum Gasteiger partial charge on any atom is -0.341 e. The molecule has 0 aliphatic carbocycles. The highest BCUT2D eigenvalue weighted by Crippen LogP contribution is 2.25. The van der Waals surface area contributed by atoms with Crippen LogP contribution in [0.4, 0.5) is 0 Å². The zero-order valence-corrected chi connectivity index (χ0v) is 17.0. The summed E-state index contributed by atoms with van der Waals surface area (Å²) >= 11 is 0. The largest absolute Gasteiger partial charge is 0.341 e. The van der Waals surface area contributed by atoms with Crippen LogP contribution in [-0.4, -0.2) is 65.3 Å². The summed E-state index contributed by atoms with van der Waals surface area (Å²) < 4.78 is 0. The maximum Gasteiger partial charge on any atom is 0.240 e. The molecule has 2 aliphatic heterocycles. The second kappa shape index (κ2) is 8.42. The summed E-state index contributed by atoms with van der Waals surface area (Å²) in [7, 11) is 0. The van der Waals surface area contributed by atoms with E-state index in [9.17, 15) is 9.59 Å². The first-order chi connectivity index (χ1) is 12.9. The molecule has 1 aromatic carbocycles. The van der Waals surface area contributed by atoms with Gasteiger partial charge in [-0.25, -0.2) is 0 Å². The lowest BCUT2D eigenvalue weighted by atomic mass is 9.88. The highest BCUT2D eigenvalue weighted by atomic mass is 16.2. The Morgan fingerprint density at radius 2 is 1.81 bits per heavy atom. The van der Waals surface area contributed by atoms with Gasteiger partial charge < -0.3 is 9.80 Å². The molecule has 1 aromatic rings. The van der Waals surface area contributed by atoms with E-state index in [2.05, 4.69) is 24.0 Å². The van der Waals surface area contributed by atoms with E-state index in [1.807, 2.05) is 41.8 Å². The van der Waals surface area contributed by atoms with Gasteiger partial charge in [-0.15, -0.1) is 0 Å². The van der Waals surface area contributed by atoms with E-state index in [4.69, 9.17) is 0 Å². The number of amides is 2. The molecule has 2 amide bonds. The summed E-state index contributed by atoms with van der Waals surface area (Å²) in [4.78, 5) is 32.0. The standard InChI is InChI=1S/C22H33N3O2/c1-4-22(2,3)21(27)24-13-8-12-23(15-16-24)19-11-14-25(20(19)26)17-18-9-6-5-7-10-18/h5-7,9-10,19H,4,8,11-17H2,1-3H3. The second-order valence-corrected chi connectivity index (χ2v) is 8.47. The summed E-state index contributed by atoms with van der Waals surface area (Å²) in [5, 5.41) is 0. The number of likely N-dealkylation sites (tertiary alicyclic amines) is 1. The second-order valence-electron chi connectivity index (χ2n) is 8.47. The third-order valence-corrected chi connectivity index (χ3v) is 6.21. The van der Waals surface area contributed by atoms with Crippen LogP contribution in [0.1, 0.15) is 45.6 Å². The molecule has 5 heteroatoms. The lowest BCUT2D eigenvalue weighted by Crippen LogP contribution is -2.45. The van der Waals surface area contributed by atoms with E-state index in [0.29, 0.717) is 6.54 Å². The van der Waals surface area contributed by atoms with Crippen molar-refractivity contribution in [2.45, 2.75) is 52.6 Å². The molecule has 5 nitrogen and oxygen atoms in total. The maximum atomic E-state index is 12.9. The van der Waals surface area contributed by atoms with Gasteiger partial charge in [-0.1, -0.05) is 51.1 Å². The number of hydrogen-bond donors (Lipinski definition) is 0. The van der Waals surface area contributed by atoms with Crippen molar-refractivity contribution in [2.24, 2.45) is 5.41 Å². The smallest absolute Gasteiger partial charge is 0.240 e. The first-order valence-corrected chi connectivity index (χ1v) is 10.3. The normalized spacial score (nSPS) is 22.2. The number of benzene rings is 1. The molecule has 27 heavy (non-hydrogen) atoms. The van der Waals surface area contributed by atoms with Gasteiger partial charge in [0.05, 0.1) is 6.04 Å². The van der Waals surface area contributed by atoms with E-state index in [1.165, 1.54) is 5.56 Å². The van der Waals surface area contributed by atoms with Crippen LogP contribution in [0.2, 0.25) is 0 Å². The van der Waals surface area contributed by atoms with Crippen LogP contribution < -0.4 is 0 Å². The van der Waals surface area contributed by atoms with Gasteiger partial charge in [0, 0.05) is 44.7 Å². The SMILES string of the molecule is CCC(C)(C)C(=O)N1CCCN(C2CCN(Cc3ccccc3)C2=O)CC1. The summed E-state index contributed by atoms with van der Waals surface area (Å²) in [6.07, 6.45) is 2.68. The number of hydrogen-bond acceptors (Lipinski definition) is 3. The van der Waals surface area contributed by atoms with Gasteiger partial charge in [0.25, 0.3) is 0 Å². The number of rotatable bonds is 5. The number of nitrogens with zero attached hydrogens (tertiary/aromatic N) is 3. The van der Waals surface area contributed by atoms with Gasteiger partial charge in [0.1, 0.15) is 0 Å². The van der Waals surface area contributed by atoms with Crippen LogP contribution in [0.3, 0.4) is 0 Å². The molecule has 0 N–H and O–H groups in total. The molecule has 3 rings (SSSR count). The van der Waals surface area contributed by atoms with E-state index in [0.717, 1.165) is 52.0 Å². The van der Waals surface area contributed by atoms with Crippen LogP contribution in [0.25, 0.3) is 0 Å². The Bertz CT molecular complexity index is 659. The minimum absolute atomic E-state index is 0.0250. The van der Waals surface area contributed by atoms with Crippen LogP contribution in [0.5, 0.6) is 0 Å². The van der Waals surface area contributed by atoms with Crippen LogP contribution >= 0.6 is 0 Å². The van der Waals surface area contributed by atoms with Gasteiger partial charge >= 0.3 is 0 Å². The van der Waals surface area contributed by atoms with Crippen LogP contribution in [0, 0.1) is 5.41 Å². The topological polar surface area (TPSA) is 43.9 Å². The first kappa shape index (κ1) is 19.9. The molecule has 2 fully saturated rings. The highest BCUT2D eigenvalue weighted by molar-refractivity contribution is 5.84. The average Bonchev–Trinajstić information content (AvgIpc) is 2.88. The van der Waals surface area contributed by atoms with E-state index < -0.39 is 0 Å². The molecule has 0 spiro atoms. The molecule has 0 saturated carbocycles. The fourth-order valence-electron chi connectivity index (χ4n) is 4.05. The van der Waals surface area contributed by atoms with Gasteiger partial charge in [0.15, 0.2) is 0 Å². The van der Waals surface area contributed by atoms with Crippen molar-refractivity contribution in [1.82, 2.24) is 14.7 Å². The Morgan fingerprint density at radius 1 is 1.07 bits per heavy atom. The fourth-order valence-corrected chi connectivity index (χ4v) is 4.05. The maximum absolute atomic E-state index is 12.9. The van der Waals surface area contributed by atoms with Crippen LogP contribution in [-0.2, 0) is 16.1 Å². The van der Waals surface area contributed by atoms with E-state index in [-0.39, 0.29) is 23.3 Å². The van der Waals surface area contributed by atoms with Gasteiger partial charge in [-0.05, 0) is 24.8 Å². The Labute approximate surface area is 163 Å². The predicted octanol–water partition coefficient (Wildman–Crippen LogP) is 2.76. The molecule has 2 heterocycles. The average molecular weight is 372 g/mol. The van der Waals surface area contributed by atoms with Gasteiger partial charge in [-0.3, -0.25) is 14.5 Å². The molecule has 0 radical (unpaired) electrons. The number of carbonyl (C=O) groups is 2. The molecule has 2 saturated heterocycles. The Morgan fingerprint density at radius 3 is 2.52 bits per heavy atom. The first-order valence-electron chi connectivity index (χ1n) is 10.3. The zero-order valence-electron chi connectivity index (χ0n) is 17.0. The van der Waals surface area contributed by atoms with E-state index >= 15 is 0 Å².